The first kappa shape index (κ1) is 43.7. The minimum absolute atomic E-state index is 0. The molecule has 0 bridgehead atoms. The summed E-state index contributed by atoms with van der Waals surface area (Å²) < 4.78 is 73.5. The summed E-state index contributed by atoms with van der Waals surface area (Å²) in [5.74, 6) is 2.09. The minimum Gasteiger partial charge on any atom is -1.00 e. The Balaban J connectivity index is -0.000000259. The van der Waals surface area contributed by atoms with Crippen LogP contribution in [-0.4, -0.2) is 115 Å². The summed E-state index contributed by atoms with van der Waals surface area (Å²) in [4.78, 5) is 2.03. The van der Waals surface area contributed by atoms with Crippen molar-refractivity contribution in [1.82, 2.24) is 4.90 Å². The van der Waals surface area contributed by atoms with E-state index in [1.54, 1.807) is 0 Å². The number of halogens is 4. The van der Waals surface area contributed by atoms with Crippen molar-refractivity contribution >= 4 is 35.6 Å². The molecule has 0 heterocycles. The molecule has 0 aromatic heterocycles. The summed E-state index contributed by atoms with van der Waals surface area (Å²) in [7, 11) is 4.02. The Morgan fingerprint density at radius 3 is 1.31 bits per heavy atom. The molecule has 0 aliphatic heterocycles. The van der Waals surface area contributed by atoms with Gasteiger partial charge in [0.05, 0.1) is 50.7 Å². The number of sulfone groups is 2. The van der Waals surface area contributed by atoms with E-state index in [2.05, 4.69) is 37.1 Å². The summed E-state index contributed by atoms with van der Waals surface area (Å²) in [6, 6.07) is 0. The summed E-state index contributed by atoms with van der Waals surface area (Å²) in [6.07, 6.45) is 3.26. The Hall–Kier alpha value is 0.640. The van der Waals surface area contributed by atoms with Crippen LogP contribution in [0.15, 0.2) is 0 Å². The first-order chi connectivity index (χ1) is 15.5. The van der Waals surface area contributed by atoms with Gasteiger partial charge in [-0.05, 0) is 92.7 Å². The highest BCUT2D eigenvalue weighted by atomic mass is 79.9. The molecular weight excluding hydrogens is 642 g/mol. The van der Waals surface area contributed by atoms with Crippen LogP contribution >= 0.6 is 15.9 Å². The van der Waals surface area contributed by atoms with E-state index >= 15 is 0 Å². The molecule has 0 rings (SSSR count). The maximum absolute atomic E-state index is 13.2. The lowest BCUT2D eigenvalue weighted by molar-refractivity contribution is -0.870. The van der Waals surface area contributed by atoms with Crippen molar-refractivity contribution in [3.8, 4) is 0 Å². The molecule has 0 aliphatic rings. The molecule has 0 saturated heterocycles. The highest BCUT2D eigenvalue weighted by Crippen LogP contribution is 2.16. The lowest BCUT2D eigenvalue weighted by Crippen LogP contribution is -3.00. The second-order valence-corrected chi connectivity index (χ2v) is 16.1. The molecule has 36 heavy (non-hydrogen) atoms. The number of hydrogen-bond acceptors (Lipinski definition) is 5. The van der Waals surface area contributed by atoms with E-state index in [1.807, 2.05) is 24.8 Å². The maximum Gasteiger partial charge on any atom is 0.150 e. The fourth-order valence-corrected chi connectivity index (χ4v) is 5.95. The molecule has 0 spiro atoms. The van der Waals surface area contributed by atoms with Gasteiger partial charge >= 0.3 is 0 Å². The third kappa shape index (κ3) is 39.2. The van der Waals surface area contributed by atoms with E-state index in [-0.39, 0.29) is 52.8 Å². The molecule has 12 heteroatoms. The number of alkyl halides is 3. The Labute approximate surface area is 241 Å². The van der Waals surface area contributed by atoms with Crippen molar-refractivity contribution in [3.05, 3.63) is 0 Å². The zero-order chi connectivity index (χ0) is 28.6. The Morgan fingerprint density at radius 2 is 1.03 bits per heavy atom. The predicted octanol–water partition coefficient (Wildman–Crippen LogP) is 1.92. The van der Waals surface area contributed by atoms with Crippen LogP contribution in [0.3, 0.4) is 0 Å². The Morgan fingerprint density at radius 1 is 0.694 bits per heavy atom. The van der Waals surface area contributed by atoms with Crippen molar-refractivity contribution < 1.29 is 47.1 Å². The molecule has 0 atom stereocenters. The van der Waals surface area contributed by atoms with Gasteiger partial charge in [-0.15, -0.1) is 0 Å². The lowest BCUT2D eigenvalue weighted by Gasteiger charge is -2.23. The molecule has 224 valence electrons. The zero-order valence-electron chi connectivity index (χ0n) is 24.3. The molecule has 0 aromatic carbocycles. The number of quaternary nitrogens is 1. The van der Waals surface area contributed by atoms with Crippen LogP contribution in [0.4, 0.5) is 8.78 Å². The average molecular weight is 697 g/mol. The first-order valence-electron chi connectivity index (χ1n) is 12.2. The van der Waals surface area contributed by atoms with Crippen molar-refractivity contribution in [2.45, 2.75) is 77.6 Å². The fourth-order valence-electron chi connectivity index (χ4n) is 2.66. The number of rotatable bonds is 16. The van der Waals surface area contributed by atoms with E-state index in [0.29, 0.717) is 12.8 Å². The van der Waals surface area contributed by atoms with Crippen LogP contribution in [-0.2, 0) is 19.7 Å². The van der Waals surface area contributed by atoms with Gasteiger partial charge in [-0.1, -0.05) is 15.9 Å². The second kappa shape index (κ2) is 20.5. The van der Waals surface area contributed by atoms with Gasteiger partial charge in [0.25, 0.3) is 0 Å². The standard InChI is InChI=1S/C12H27FNO2S.C11H24FNO2S.CH3Br.BrH/c1-12(2,13)8-11-17(15,16)10-7-6-9-14(3,4)5;1-11(2,12)7-10-16(14,15)9-6-5-8-13(3)4;1-2;/h6-11H2,1-5H3;5-10H2,1-4H3;1H3;1H/q+1;;;/p-1. The normalized spacial score (nSPS) is 12.7. The molecule has 0 N–H and O–H groups in total. The lowest BCUT2D eigenvalue weighted by atomic mass is 10.1. The van der Waals surface area contributed by atoms with Crippen molar-refractivity contribution in [2.24, 2.45) is 0 Å². The van der Waals surface area contributed by atoms with E-state index in [9.17, 15) is 25.6 Å². The van der Waals surface area contributed by atoms with E-state index in [1.165, 1.54) is 27.7 Å². The van der Waals surface area contributed by atoms with E-state index < -0.39 is 31.0 Å². The maximum atomic E-state index is 13.2. The van der Waals surface area contributed by atoms with Crippen LogP contribution in [0.5, 0.6) is 0 Å². The van der Waals surface area contributed by atoms with Gasteiger partial charge in [0.1, 0.15) is 31.0 Å². The quantitative estimate of drug-likeness (QED) is 0.140. The zero-order valence-corrected chi connectivity index (χ0v) is 29.1. The Kier molecular flexibility index (Phi) is 24.9. The van der Waals surface area contributed by atoms with Gasteiger partial charge in [0.15, 0.2) is 0 Å². The van der Waals surface area contributed by atoms with Crippen LogP contribution in [0.2, 0.25) is 0 Å². The number of hydrogen-bond donors (Lipinski definition) is 0. The summed E-state index contributed by atoms with van der Waals surface area (Å²) in [5, 5.41) is 0. The molecular formula is C24H54Br2F2N2O4S2. The first-order valence-corrected chi connectivity index (χ1v) is 17.4. The smallest absolute Gasteiger partial charge is 0.150 e. The van der Waals surface area contributed by atoms with Crippen LogP contribution in [0.25, 0.3) is 0 Å². The van der Waals surface area contributed by atoms with E-state index in [0.717, 1.165) is 30.4 Å². The molecule has 0 unspecified atom stereocenters. The van der Waals surface area contributed by atoms with Gasteiger partial charge in [0, 0.05) is 0 Å². The Bertz CT molecular complexity index is 731. The van der Waals surface area contributed by atoms with Crippen LogP contribution in [0, 0.1) is 0 Å². The number of unbranched alkanes of at least 4 members (excludes halogenated alkanes) is 2. The largest absolute Gasteiger partial charge is 1.00 e. The summed E-state index contributed by atoms with van der Waals surface area (Å²) >= 11 is 2.94. The van der Waals surface area contributed by atoms with Crippen molar-refractivity contribution in [1.29, 1.82) is 0 Å². The highest BCUT2D eigenvalue weighted by Gasteiger charge is 2.21. The van der Waals surface area contributed by atoms with E-state index in [4.69, 9.17) is 0 Å². The molecule has 0 amide bonds. The molecule has 6 nitrogen and oxygen atoms in total. The van der Waals surface area contributed by atoms with Gasteiger partial charge in [-0.25, -0.2) is 25.6 Å². The summed E-state index contributed by atoms with van der Waals surface area (Å²) in [6.45, 7) is 7.51. The molecule has 0 saturated carbocycles. The molecule has 0 fully saturated rings. The van der Waals surface area contributed by atoms with Gasteiger partial charge in [0.2, 0.25) is 0 Å². The van der Waals surface area contributed by atoms with Crippen LogP contribution in [0.1, 0.15) is 66.2 Å². The third-order valence-corrected chi connectivity index (χ3v) is 8.33. The monoisotopic (exact) mass is 694 g/mol. The number of nitrogens with zero attached hydrogens (tertiary/aromatic N) is 2. The topological polar surface area (TPSA) is 71.5 Å². The van der Waals surface area contributed by atoms with Gasteiger partial charge in [-0.3, -0.25) is 0 Å². The average Bonchev–Trinajstić information content (AvgIpc) is 2.66. The highest BCUT2D eigenvalue weighted by molar-refractivity contribution is 9.08. The van der Waals surface area contributed by atoms with Crippen molar-refractivity contribution in [2.75, 3.05) is 77.2 Å². The molecule has 0 aromatic rings. The summed E-state index contributed by atoms with van der Waals surface area (Å²) in [5.41, 5.74) is -2.79. The predicted molar refractivity (Wildman–Crippen MR) is 152 cm³/mol. The third-order valence-electron chi connectivity index (χ3n) is 4.86. The van der Waals surface area contributed by atoms with Gasteiger partial charge < -0.3 is 26.4 Å². The van der Waals surface area contributed by atoms with Gasteiger partial charge in [-0.2, -0.15) is 0 Å². The SMILES string of the molecule is CBr.CC(C)(F)CCS(=O)(=O)CCCC[N+](C)(C)C.CN(C)CCCCS(=O)(=O)CCC(C)(C)F.[Br-]. The van der Waals surface area contributed by atoms with Crippen molar-refractivity contribution in [3.63, 3.8) is 0 Å². The second-order valence-electron chi connectivity index (χ2n) is 11.5. The minimum atomic E-state index is -3.08. The molecule has 0 aliphatic carbocycles. The molecule has 0 radical (unpaired) electrons. The van der Waals surface area contributed by atoms with Crippen LogP contribution < -0.4 is 17.0 Å². The fraction of sp³-hybridized carbons (Fsp3) is 1.00.